The quantitative estimate of drug-likeness (QED) is 0.691. The average Bonchev–Trinajstić information content (AvgIpc) is 2.15. The molecule has 96 valence electrons. The van der Waals surface area contributed by atoms with E-state index in [4.69, 9.17) is 5.73 Å². The molecule has 6 heteroatoms. The van der Waals surface area contributed by atoms with E-state index in [1.807, 2.05) is 0 Å². The van der Waals surface area contributed by atoms with Gasteiger partial charge in [0.2, 0.25) is 5.91 Å². The second-order valence-electron chi connectivity index (χ2n) is 3.68. The van der Waals surface area contributed by atoms with Crippen LogP contribution in [0.2, 0.25) is 0 Å². The number of nitrogens with two attached hydrogens (primary N) is 1. The van der Waals surface area contributed by atoms with Gasteiger partial charge in [-0.05, 0) is 25.8 Å². The molecule has 0 spiro atoms. The van der Waals surface area contributed by atoms with Gasteiger partial charge in [-0.15, -0.1) is 0 Å². The number of halogens is 3. The molecule has 3 nitrogen and oxygen atoms in total. The summed E-state index contributed by atoms with van der Waals surface area (Å²) in [5, 5.41) is 0. The zero-order chi connectivity index (χ0) is 12.6. The molecule has 0 aromatic rings. The lowest BCUT2D eigenvalue weighted by molar-refractivity contribution is -0.161. The highest BCUT2D eigenvalue weighted by molar-refractivity contribution is 5.76. The number of hydrogen-bond donors (Lipinski definition) is 1. The van der Waals surface area contributed by atoms with Gasteiger partial charge in [-0.3, -0.25) is 4.79 Å². The Hall–Kier alpha value is -0.780. The van der Waals surface area contributed by atoms with Crippen molar-refractivity contribution in [1.82, 2.24) is 4.90 Å². The average molecular weight is 240 g/mol. The standard InChI is InChI=1S/C10H19F3N2O/c1-2-7-15(8-10(11,12)13)9(16)5-3-4-6-14/h2-8,14H2,1H3. The van der Waals surface area contributed by atoms with E-state index in [0.29, 0.717) is 25.8 Å². The fourth-order valence-electron chi connectivity index (χ4n) is 1.36. The molecule has 0 radical (unpaired) electrons. The molecule has 0 atom stereocenters. The predicted molar refractivity (Wildman–Crippen MR) is 55.8 cm³/mol. The van der Waals surface area contributed by atoms with Crippen molar-refractivity contribution in [3.05, 3.63) is 0 Å². The van der Waals surface area contributed by atoms with E-state index in [1.165, 1.54) is 0 Å². The SMILES string of the molecule is CCCN(CC(F)(F)F)C(=O)CCCCN. The maximum Gasteiger partial charge on any atom is 0.406 e. The summed E-state index contributed by atoms with van der Waals surface area (Å²) in [5.74, 6) is -0.437. The number of carbonyl (C=O) groups excluding carboxylic acids is 1. The Kier molecular flexibility index (Phi) is 7.12. The first-order chi connectivity index (χ1) is 7.40. The Morgan fingerprint density at radius 2 is 1.94 bits per heavy atom. The summed E-state index contributed by atoms with van der Waals surface area (Å²) in [6.45, 7) is 1.21. The van der Waals surface area contributed by atoms with Crippen LogP contribution in [0, 0.1) is 0 Å². The third-order valence-electron chi connectivity index (χ3n) is 2.06. The molecule has 0 saturated heterocycles. The van der Waals surface area contributed by atoms with E-state index in [9.17, 15) is 18.0 Å². The normalized spacial score (nSPS) is 11.6. The summed E-state index contributed by atoms with van der Waals surface area (Å²) in [7, 11) is 0. The summed E-state index contributed by atoms with van der Waals surface area (Å²) >= 11 is 0. The van der Waals surface area contributed by atoms with Crippen molar-refractivity contribution in [2.24, 2.45) is 5.73 Å². The molecular weight excluding hydrogens is 221 g/mol. The second-order valence-corrected chi connectivity index (χ2v) is 3.68. The van der Waals surface area contributed by atoms with Crippen molar-refractivity contribution in [2.45, 2.75) is 38.8 Å². The van der Waals surface area contributed by atoms with Crippen molar-refractivity contribution in [1.29, 1.82) is 0 Å². The molecule has 0 aromatic heterocycles. The lowest BCUT2D eigenvalue weighted by Crippen LogP contribution is -2.39. The molecule has 0 fully saturated rings. The molecule has 0 heterocycles. The molecule has 0 aliphatic carbocycles. The Bertz CT molecular complexity index is 207. The van der Waals surface area contributed by atoms with Crippen molar-refractivity contribution >= 4 is 5.91 Å². The molecule has 0 aromatic carbocycles. The van der Waals surface area contributed by atoms with E-state index in [0.717, 1.165) is 4.90 Å². The van der Waals surface area contributed by atoms with Gasteiger partial charge in [0, 0.05) is 13.0 Å². The Balaban J connectivity index is 4.13. The maximum atomic E-state index is 12.2. The van der Waals surface area contributed by atoms with Crippen LogP contribution in [0.25, 0.3) is 0 Å². The highest BCUT2D eigenvalue weighted by Gasteiger charge is 2.32. The second kappa shape index (κ2) is 7.49. The topological polar surface area (TPSA) is 46.3 Å². The molecule has 0 saturated carbocycles. The van der Waals surface area contributed by atoms with Gasteiger partial charge < -0.3 is 10.6 Å². The number of rotatable bonds is 7. The van der Waals surface area contributed by atoms with E-state index < -0.39 is 18.6 Å². The minimum absolute atomic E-state index is 0.146. The first-order valence-electron chi connectivity index (χ1n) is 5.45. The van der Waals surface area contributed by atoms with Gasteiger partial charge in [0.25, 0.3) is 0 Å². The number of unbranched alkanes of at least 4 members (excludes halogenated alkanes) is 1. The minimum Gasteiger partial charge on any atom is -0.334 e. The van der Waals surface area contributed by atoms with Crippen LogP contribution in [0.15, 0.2) is 0 Å². The molecule has 0 unspecified atom stereocenters. The van der Waals surface area contributed by atoms with Crippen LogP contribution in [0.3, 0.4) is 0 Å². The van der Waals surface area contributed by atoms with E-state index in [2.05, 4.69) is 0 Å². The number of alkyl halides is 3. The highest BCUT2D eigenvalue weighted by atomic mass is 19.4. The van der Waals surface area contributed by atoms with Gasteiger partial charge >= 0.3 is 6.18 Å². The van der Waals surface area contributed by atoms with Crippen LogP contribution in [0.5, 0.6) is 0 Å². The number of hydrogen-bond acceptors (Lipinski definition) is 2. The molecule has 1 amide bonds. The van der Waals surface area contributed by atoms with Crippen molar-refractivity contribution < 1.29 is 18.0 Å². The first kappa shape index (κ1) is 15.2. The molecular formula is C10H19F3N2O. The molecule has 2 N–H and O–H groups in total. The third kappa shape index (κ3) is 7.50. The molecule has 0 aliphatic heterocycles. The molecule has 0 aliphatic rings. The number of nitrogens with zero attached hydrogens (tertiary/aromatic N) is 1. The van der Waals surface area contributed by atoms with Crippen LogP contribution < -0.4 is 5.73 Å². The van der Waals surface area contributed by atoms with Gasteiger partial charge in [-0.25, -0.2) is 0 Å². The fraction of sp³-hybridized carbons (Fsp3) is 0.900. The van der Waals surface area contributed by atoms with Crippen molar-refractivity contribution in [3.8, 4) is 0 Å². The van der Waals surface area contributed by atoms with Crippen LogP contribution in [0.4, 0.5) is 13.2 Å². The van der Waals surface area contributed by atoms with Gasteiger partial charge in [0.05, 0.1) is 0 Å². The van der Waals surface area contributed by atoms with Gasteiger partial charge in [-0.1, -0.05) is 6.92 Å². The van der Waals surface area contributed by atoms with E-state index in [1.54, 1.807) is 6.92 Å². The van der Waals surface area contributed by atoms with Crippen LogP contribution >= 0.6 is 0 Å². The number of amides is 1. The fourth-order valence-corrected chi connectivity index (χ4v) is 1.36. The zero-order valence-electron chi connectivity index (χ0n) is 9.52. The first-order valence-corrected chi connectivity index (χ1v) is 5.45. The Morgan fingerprint density at radius 3 is 2.38 bits per heavy atom. The van der Waals surface area contributed by atoms with E-state index in [-0.39, 0.29) is 13.0 Å². The summed E-state index contributed by atoms with van der Waals surface area (Å²) in [4.78, 5) is 12.3. The molecule has 0 bridgehead atoms. The van der Waals surface area contributed by atoms with Gasteiger partial charge in [0.15, 0.2) is 0 Å². The Labute approximate surface area is 93.8 Å². The van der Waals surface area contributed by atoms with Gasteiger partial charge in [-0.2, -0.15) is 13.2 Å². The molecule has 16 heavy (non-hydrogen) atoms. The lowest BCUT2D eigenvalue weighted by atomic mass is 10.2. The van der Waals surface area contributed by atoms with Crippen molar-refractivity contribution in [2.75, 3.05) is 19.6 Å². The third-order valence-corrected chi connectivity index (χ3v) is 2.06. The monoisotopic (exact) mass is 240 g/mol. The smallest absolute Gasteiger partial charge is 0.334 e. The summed E-state index contributed by atoms with van der Waals surface area (Å²) < 4.78 is 36.5. The van der Waals surface area contributed by atoms with Crippen LogP contribution in [0.1, 0.15) is 32.6 Å². The van der Waals surface area contributed by atoms with E-state index >= 15 is 0 Å². The predicted octanol–water partition coefficient (Wildman–Crippen LogP) is 1.92. The Morgan fingerprint density at radius 1 is 1.31 bits per heavy atom. The summed E-state index contributed by atoms with van der Waals surface area (Å²) in [5.41, 5.74) is 5.25. The zero-order valence-corrected chi connectivity index (χ0v) is 9.52. The van der Waals surface area contributed by atoms with Gasteiger partial charge in [0.1, 0.15) is 6.54 Å². The lowest BCUT2D eigenvalue weighted by Gasteiger charge is -2.23. The van der Waals surface area contributed by atoms with Crippen LogP contribution in [-0.4, -0.2) is 36.6 Å². The minimum atomic E-state index is -4.32. The maximum absolute atomic E-state index is 12.2. The summed E-state index contributed by atoms with van der Waals surface area (Å²) in [6.07, 6.45) is -2.43. The van der Waals surface area contributed by atoms with Crippen LogP contribution in [-0.2, 0) is 4.79 Å². The molecule has 0 rings (SSSR count). The van der Waals surface area contributed by atoms with Crippen molar-refractivity contribution in [3.63, 3.8) is 0 Å². The highest BCUT2D eigenvalue weighted by Crippen LogP contribution is 2.17. The summed E-state index contributed by atoms with van der Waals surface area (Å²) in [6, 6.07) is 0. The largest absolute Gasteiger partial charge is 0.406 e. The number of carbonyl (C=O) groups is 1.